The van der Waals surface area contributed by atoms with Gasteiger partial charge in [-0.1, -0.05) is 6.07 Å². The number of carbonyl (C=O) groups is 1. The quantitative estimate of drug-likeness (QED) is 0.610. The van der Waals surface area contributed by atoms with E-state index >= 15 is 0 Å². The number of benzene rings is 1. The lowest BCUT2D eigenvalue weighted by atomic mass is 9.84. The Hall–Kier alpha value is -3.14. The van der Waals surface area contributed by atoms with Crippen molar-refractivity contribution >= 4 is 22.5 Å². The number of aromatic nitrogens is 3. The number of halogens is 3. The van der Waals surface area contributed by atoms with Gasteiger partial charge in [-0.05, 0) is 50.8 Å². The van der Waals surface area contributed by atoms with Crippen LogP contribution in [0.1, 0.15) is 54.8 Å². The van der Waals surface area contributed by atoms with Crippen LogP contribution >= 0.6 is 0 Å². The molecule has 1 amide bonds. The third-order valence-corrected chi connectivity index (χ3v) is 5.77. The van der Waals surface area contributed by atoms with Gasteiger partial charge in [0.15, 0.2) is 0 Å². The van der Waals surface area contributed by atoms with Gasteiger partial charge in [0.25, 0.3) is 5.91 Å². The molecule has 7 nitrogen and oxygen atoms in total. The number of hydrogen-bond donors (Lipinski definition) is 2. The molecule has 1 aliphatic carbocycles. The summed E-state index contributed by atoms with van der Waals surface area (Å²) in [4.78, 5) is 16.0. The van der Waals surface area contributed by atoms with Gasteiger partial charge in [-0.15, -0.1) is 0 Å². The van der Waals surface area contributed by atoms with Crippen molar-refractivity contribution in [3.05, 3.63) is 47.9 Å². The van der Waals surface area contributed by atoms with Gasteiger partial charge in [0, 0.05) is 17.6 Å². The number of hydrogen-bond acceptors (Lipinski definition) is 5. The van der Waals surface area contributed by atoms with Crippen molar-refractivity contribution in [2.75, 3.05) is 12.4 Å². The number of ether oxygens (including phenoxy) is 1. The smallest absolute Gasteiger partial charge is 0.433 e. The summed E-state index contributed by atoms with van der Waals surface area (Å²) in [6.45, 7) is 1.84. The molecule has 3 aromatic rings. The van der Waals surface area contributed by atoms with Crippen LogP contribution in [0.4, 0.5) is 18.9 Å². The minimum atomic E-state index is -4.64. The molecule has 2 N–H and O–H groups in total. The predicted molar refractivity (Wildman–Crippen MR) is 112 cm³/mol. The standard InChI is InChI=1S/C22H23F3N4O3/c1-21(31)8-6-14(7-9-21)29-12-13-10-17(18(32-2)11-16(13)28-29)27-20(30)15-4-3-5-19(26-15)22(23,24)25/h3-5,10-12,14,31H,6-9H2,1-2H3,(H,27,30). The number of nitrogens with one attached hydrogen (secondary N) is 1. The van der Waals surface area contributed by atoms with Crippen molar-refractivity contribution in [1.29, 1.82) is 0 Å². The van der Waals surface area contributed by atoms with E-state index in [-0.39, 0.29) is 11.7 Å². The third-order valence-electron chi connectivity index (χ3n) is 5.77. The molecule has 0 bridgehead atoms. The summed E-state index contributed by atoms with van der Waals surface area (Å²) in [5.74, 6) is -0.453. The number of methoxy groups -OCH3 is 1. The second kappa shape index (κ2) is 8.09. The fourth-order valence-electron chi connectivity index (χ4n) is 3.92. The molecule has 1 aliphatic rings. The third kappa shape index (κ3) is 4.55. The Labute approximate surface area is 182 Å². The van der Waals surface area contributed by atoms with E-state index in [9.17, 15) is 23.1 Å². The fraction of sp³-hybridized carbons (Fsp3) is 0.409. The van der Waals surface area contributed by atoms with Crippen LogP contribution in [-0.4, -0.2) is 38.5 Å². The van der Waals surface area contributed by atoms with Crippen LogP contribution in [0.5, 0.6) is 5.75 Å². The van der Waals surface area contributed by atoms with E-state index in [1.54, 1.807) is 12.1 Å². The van der Waals surface area contributed by atoms with Crippen molar-refractivity contribution in [2.24, 2.45) is 0 Å². The number of aliphatic hydroxyl groups is 1. The number of carbonyl (C=O) groups excluding carboxylic acids is 1. The maximum absolute atomic E-state index is 12.9. The molecule has 0 aliphatic heterocycles. The molecule has 1 fully saturated rings. The fourth-order valence-corrected chi connectivity index (χ4v) is 3.92. The Bertz CT molecular complexity index is 1150. The van der Waals surface area contributed by atoms with Crippen LogP contribution in [0, 0.1) is 0 Å². The average Bonchev–Trinajstić information content (AvgIpc) is 3.15. The van der Waals surface area contributed by atoms with Crippen LogP contribution in [-0.2, 0) is 6.18 Å². The molecule has 0 unspecified atom stereocenters. The van der Waals surface area contributed by atoms with Crippen molar-refractivity contribution in [2.45, 2.75) is 50.4 Å². The van der Waals surface area contributed by atoms with Gasteiger partial charge in [-0.3, -0.25) is 9.48 Å². The Kier molecular flexibility index (Phi) is 5.58. The number of pyridine rings is 1. The molecule has 4 rings (SSSR count). The highest BCUT2D eigenvalue weighted by Gasteiger charge is 2.33. The van der Waals surface area contributed by atoms with Gasteiger partial charge in [-0.25, -0.2) is 4.98 Å². The number of fused-ring (bicyclic) bond motifs is 1. The molecule has 0 saturated heterocycles. The maximum Gasteiger partial charge on any atom is 0.433 e. The number of nitrogens with zero attached hydrogens (tertiary/aromatic N) is 3. The summed E-state index contributed by atoms with van der Waals surface area (Å²) in [6.07, 6.45) is 0.169. The maximum atomic E-state index is 12.9. The molecule has 32 heavy (non-hydrogen) atoms. The van der Waals surface area contributed by atoms with Crippen molar-refractivity contribution in [3.8, 4) is 5.75 Å². The molecule has 170 valence electrons. The second-order valence-corrected chi connectivity index (χ2v) is 8.31. The van der Waals surface area contributed by atoms with Crippen molar-refractivity contribution in [1.82, 2.24) is 14.8 Å². The Balaban J connectivity index is 1.59. The van der Waals surface area contributed by atoms with Crippen LogP contribution in [0.25, 0.3) is 10.9 Å². The van der Waals surface area contributed by atoms with Gasteiger partial charge in [0.1, 0.15) is 17.1 Å². The summed E-state index contributed by atoms with van der Waals surface area (Å²) in [5, 5.41) is 18.1. The predicted octanol–water partition coefficient (Wildman–Crippen LogP) is 4.58. The zero-order valence-electron chi connectivity index (χ0n) is 17.6. The number of amides is 1. The summed E-state index contributed by atoms with van der Waals surface area (Å²) in [5.41, 5.74) is -1.18. The molecule has 0 spiro atoms. The van der Waals surface area contributed by atoms with Crippen molar-refractivity contribution in [3.63, 3.8) is 0 Å². The Morgan fingerprint density at radius 3 is 2.66 bits per heavy atom. The zero-order chi connectivity index (χ0) is 23.1. The molecule has 1 aromatic carbocycles. The van der Waals surface area contributed by atoms with Gasteiger partial charge >= 0.3 is 6.18 Å². The minimum Gasteiger partial charge on any atom is -0.494 e. The first-order chi connectivity index (χ1) is 15.1. The van der Waals surface area contributed by atoms with Crippen LogP contribution in [0.15, 0.2) is 36.5 Å². The van der Waals surface area contributed by atoms with E-state index in [1.807, 2.05) is 17.8 Å². The van der Waals surface area contributed by atoms with E-state index in [1.165, 1.54) is 13.2 Å². The number of rotatable bonds is 4. The summed E-state index contributed by atoms with van der Waals surface area (Å²) in [6, 6.07) is 6.65. The average molecular weight is 448 g/mol. The largest absolute Gasteiger partial charge is 0.494 e. The van der Waals surface area contributed by atoms with Gasteiger partial charge in [0.05, 0.1) is 30.0 Å². The van der Waals surface area contributed by atoms with Crippen LogP contribution in [0.3, 0.4) is 0 Å². The highest BCUT2D eigenvalue weighted by Crippen LogP contribution is 2.36. The van der Waals surface area contributed by atoms with Crippen LogP contribution < -0.4 is 10.1 Å². The first kappa shape index (κ1) is 22.1. The molecule has 0 radical (unpaired) electrons. The summed E-state index contributed by atoms with van der Waals surface area (Å²) >= 11 is 0. The topological polar surface area (TPSA) is 89.3 Å². The summed E-state index contributed by atoms with van der Waals surface area (Å²) < 4.78 is 46.0. The summed E-state index contributed by atoms with van der Waals surface area (Å²) in [7, 11) is 1.43. The van der Waals surface area contributed by atoms with Crippen LogP contribution in [0.2, 0.25) is 0 Å². The Morgan fingerprint density at radius 1 is 1.28 bits per heavy atom. The van der Waals surface area contributed by atoms with E-state index in [4.69, 9.17) is 4.74 Å². The Morgan fingerprint density at radius 2 is 2.00 bits per heavy atom. The lowest BCUT2D eigenvalue weighted by Gasteiger charge is -2.33. The normalized spacial score (nSPS) is 21.5. The van der Waals surface area contributed by atoms with Crippen molar-refractivity contribution < 1.29 is 27.8 Å². The van der Waals surface area contributed by atoms with E-state index in [2.05, 4.69) is 15.4 Å². The van der Waals surface area contributed by atoms with E-state index < -0.39 is 23.4 Å². The van der Waals surface area contributed by atoms with Gasteiger partial charge in [0.2, 0.25) is 0 Å². The molecule has 10 heteroatoms. The SMILES string of the molecule is COc1cc2nn(C3CCC(C)(O)CC3)cc2cc1NC(=O)c1cccc(C(F)(F)F)n1. The molecule has 0 atom stereocenters. The number of alkyl halides is 3. The monoisotopic (exact) mass is 448 g/mol. The molecule has 2 heterocycles. The first-order valence-electron chi connectivity index (χ1n) is 10.2. The van der Waals surface area contributed by atoms with E-state index in [0.717, 1.165) is 30.4 Å². The molecular formula is C22H23F3N4O3. The lowest BCUT2D eigenvalue weighted by molar-refractivity contribution is -0.141. The lowest BCUT2D eigenvalue weighted by Crippen LogP contribution is -2.31. The number of anilines is 1. The zero-order valence-corrected chi connectivity index (χ0v) is 17.6. The highest BCUT2D eigenvalue weighted by molar-refractivity contribution is 6.05. The first-order valence-corrected chi connectivity index (χ1v) is 10.2. The van der Waals surface area contributed by atoms with E-state index in [0.29, 0.717) is 29.8 Å². The van der Waals surface area contributed by atoms with Gasteiger partial charge < -0.3 is 15.2 Å². The molecular weight excluding hydrogens is 425 g/mol. The minimum absolute atomic E-state index is 0.154. The second-order valence-electron chi connectivity index (χ2n) is 8.31. The van der Waals surface area contributed by atoms with Gasteiger partial charge in [-0.2, -0.15) is 18.3 Å². The molecule has 1 saturated carbocycles. The highest BCUT2D eigenvalue weighted by atomic mass is 19.4. The molecule has 2 aromatic heterocycles.